The summed E-state index contributed by atoms with van der Waals surface area (Å²) in [6, 6.07) is 15.9. The van der Waals surface area contributed by atoms with Crippen LogP contribution in [0.15, 0.2) is 60.7 Å². The number of ether oxygens (including phenoxy) is 1. The molecule has 2 aromatic carbocycles. The molecule has 0 spiro atoms. The SMILES string of the molecule is O=C(/C=C/c1cccc(F)c1)OCC(=O)N1CCN(c2ccccc2)CC1. The molecular weight excluding hydrogens is 347 g/mol. The van der Waals surface area contributed by atoms with Crippen LogP contribution in [-0.4, -0.2) is 49.6 Å². The van der Waals surface area contributed by atoms with Gasteiger partial charge >= 0.3 is 5.97 Å². The minimum atomic E-state index is -0.629. The van der Waals surface area contributed by atoms with E-state index >= 15 is 0 Å². The molecule has 0 unspecified atom stereocenters. The number of para-hydroxylation sites is 1. The summed E-state index contributed by atoms with van der Waals surface area (Å²) in [4.78, 5) is 27.9. The summed E-state index contributed by atoms with van der Waals surface area (Å²) in [7, 11) is 0. The average molecular weight is 368 g/mol. The van der Waals surface area contributed by atoms with Crippen LogP contribution in [0, 0.1) is 5.82 Å². The first-order chi connectivity index (χ1) is 13.1. The van der Waals surface area contributed by atoms with Crippen LogP contribution in [0.5, 0.6) is 0 Å². The van der Waals surface area contributed by atoms with E-state index in [1.54, 1.807) is 17.0 Å². The number of hydrogen-bond acceptors (Lipinski definition) is 4. The fourth-order valence-electron chi connectivity index (χ4n) is 2.90. The van der Waals surface area contributed by atoms with Gasteiger partial charge < -0.3 is 14.5 Å². The van der Waals surface area contributed by atoms with Crippen LogP contribution in [0.3, 0.4) is 0 Å². The Labute approximate surface area is 157 Å². The Morgan fingerprint density at radius 2 is 1.74 bits per heavy atom. The first-order valence-corrected chi connectivity index (χ1v) is 8.80. The van der Waals surface area contributed by atoms with Crippen molar-refractivity contribution in [2.75, 3.05) is 37.7 Å². The van der Waals surface area contributed by atoms with Crippen molar-refractivity contribution < 1.29 is 18.7 Å². The molecule has 5 nitrogen and oxygen atoms in total. The molecule has 1 saturated heterocycles. The van der Waals surface area contributed by atoms with Crippen molar-refractivity contribution in [1.82, 2.24) is 4.90 Å². The average Bonchev–Trinajstić information content (AvgIpc) is 2.71. The fraction of sp³-hybridized carbons (Fsp3) is 0.238. The second-order valence-electron chi connectivity index (χ2n) is 6.20. The Morgan fingerprint density at radius 1 is 1.00 bits per heavy atom. The van der Waals surface area contributed by atoms with Crippen LogP contribution in [-0.2, 0) is 14.3 Å². The normalized spacial score (nSPS) is 14.4. The third-order valence-corrected chi connectivity index (χ3v) is 4.35. The molecule has 27 heavy (non-hydrogen) atoms. The Kier molecular flexibility index (Phi) is 6.20. The van der Waals surface area contributed by atoms with Crippen LogP contribution in [0.2, 0.25) is 0 Å². The summed E-state index contributed by atoms with van der Waals surface area (Å²) in [5.41, 5.74) is 1.69. The number of carbonyl (C=O) groups excluding carboxylic acids is 2. The van der Waals surface area contributed by atoms with E-state index in [9.17, 15) is 14.0 Å². The second kappa shape index (κ2) is 8.98. The molecule has 0 saturated carbocycles. The molecule has 3 rings (SSSR count). The van der Waals surface area contributed by atoms with Crippen molar-refractivity contribution >= 4 is 23.6 Å². The van der Waals surface area contributed by atoms with Gasteiger partial charge in [-0.25, -0.2) is 9.18 Å². The number of piperazine rings is 1. The highest BCUT2D eigenvalue weighted by Crippen LogP contribution is 2.15. The molecule has 140 valence electrons. The highest BCUT2D eigenvalue weighted by Gasteiger charge is 2.21. The van der Waals surface area contributed by atoms with E-state index in [2.05, 4.69) is 4.90 Å². The molecule has 1 aliphatic heterocycles. The first kappa shape index (κ1) is 18.6. The Balaban J connectivity index is 1.42. The molecule has 1 heterocycles. The number of esters is 1. The number of halogens is 1. The highest BCUT2D eigenvalue weighted by atomic mass is 19.1. The largest absolute Gasteiger partial charge is 0.452 e. The molecule has 0 radical (unpaired) electrons. The Bertz CT molecular complexity index is 815. The van der Waals surface area contributed by atoms with Crippen molar-refractivity contribution in [2.24, 2.45) is 0 Å². The predicted octanol–water partition coefficient (Wildman–Crippen LogP) is 2.73. The van der Waals surface area contributed by atoms with E-state index in [-0.39, 0.29) is 18.3 Å². The minimum absolute atomic E-state index is 0.213. The standard InChI is InChI=1S/C21H21FN2O3/c22-18-6-4-5-17(15-18)9-10-21(26)27-16-20(25)24-13-11-23(12-14-24)19-7-2-1-3-8-19/h1-10,15H,11-14,16H2/b10-9+. The van der Waals surface area contributed by atoms with Gasteiger partial charge in [0.15, 0.2) is 6.61 Å². The molecule has 0 aliphatic carbocycles. The molecule has 1 aliphatic rings. The Morgan fingerprint density at radius 3 is 2.44 bits per heavy atom. The van der Waals surface area contributed by atoms with Gasteiger partial charge in [-0.1, -0.05) is 30.3 Å². The van der Waals surface area contributed by atoms with E-state index < -0.39 is 5.97 Å². The zero-order valence-electron chi connectivity index (χ0n) is 14.9. The van der Waals surface area contributed by atoms with Crippen molar-refractivity contribution in [1.29, 1.82) is 0 Å². The quantitative estimate of drug-likeness (QED) is 0.602. The summed E-state index contributed by atoms with van der Waals surface area (Å²) in [6.07, 6.45) is 2.64. The summed E-state index contributed by atoms with van der Waals surface area (Å²) in [5, 5.41) is 0. The monoisotopic (exact) mass is 368 g/mol. The molecule has 0 atom stereocenters. The molecule has 1 amide bonds. The lowest BCUT2D eigenvalue weighted by molar-refractivity contribution is -0.148. The zero-order valence-corrected chi connectivity index (χ0v) is 14.9. The van der Waals surface area contributed by atoms with Gasteiger partial charge in [0.1, 0.15) is 5.82 Å². The topological polar surface area (TPSA) is 49.9 Å². The van der Waals surface area contributed by atoms with Crippen molar-refractivity contribution in [3.05, 3.63) is 72.1 Å². The summed E-state index contributed by atoms with van der Waals surface area (Å²) in [5.74, 6) is -1.22. The maximum Gasteiger partial charge on any atom is 0.331 e. The summed E-state index contributed by atoms with van der Waals surface area (Å²) >= 11 is 0. The maximum atomic E-state index is 13.1. The van der Waals surface area contributed by atoms with Gasteiger partial charge in [-0.3, -0.25) is 4.79 Å². The van der Waals surface area contributed by atoms with Crippen LogP contribution in [0.1, 0.15) is 5.56 Å². The third-order valence-electron chi connectivity index (χ3n) is 4.35. The molecule has 1 fully saturated rings. The molecule has 0 bridgehead atoms. The van der Waals surface area contributed by atoms with Crippen LogP contribution in [0.4, 0.5) is 10.1 Å². The lowest BCUT2D eigenvalue weighted by atomic mass is 10.2. The van der Waals surface area contributed by atoms with Gasteiger partial charge in [-0.05, 0) is 35.9 Å². The number of nitrogens with zero attached hydrogens (tertiary/aromatic N) is 2. The molecule has 0 aromatic heterocycles. The number of amides is 1. The van der Waals surface area contributed by atoms with E-state index in [0.717, 1.165) is 18.8 Å². The number of benzene rings is 2. The van der Waals surface area contributed by atoms with Gasteiger partial charge in [0.25, 0.3) is 5.91 Å². The van der Waals surface area contributed by atoms with E-state index in [1.807, 2.05) is 30.3 Å². The van der Waals surface area contributed by atoms with E-state index in [1.165, 1.54) is 24.3 Å². The van der Waals surface area contributed by atoms with E-state index in [4.69, 9.17) is 4.74 Å². The van der Waals surface area contributed by atoms with Crippen molar-refractivity contribution in [2.45, 2.75) is 0 Å². The van der Waals surface area contributed by atoms with Crippen LogP contribution >= 0.6 is 0 Å². The van der Waals surface area contributed by atoms with Crippen molar-refractivity contribution in [3.8, 4) is 0 Å². The van der Waals surface area contributed by atoms with Gasteiger partial charge in [0, 0.05) is 37.9 Å². The number of hydrogen-bond donors (Lipinski definition) is 0. The van der Waals surface area contributed by atoms with Gasteiger partial charge in [-0.2, -0.15) is 0 Å². The predicted molar refractivity (Wildman–Crippen MR) is 102 cm³/mol. The Hall–Kier alpha value is -3.15. The van der Waals surface area contributed by atoms with Gasteiger partial charge in [0.05, 0.1) is 0 Å². The highest BCUT2D eigenvalue weighted by molar-refractivity contribution is 5.89. The molecule has 2 aromatic rings. The van der Waals surface area contributed by atoms with Crippen LogP contribution in [0.25, 0.3) is 6.08 Å². The van der Waals surface area contributed by atoms with Crippen molar-refractivity contribution in [3.63, 3.8) is 0 Å². The third kappa shape index (κ3) is 5.41. The van der Waals surface area contributed by atoms with Gasteiger partial charge in [-0.15, -0.1) is 0 Å². The number of rotatable bonds is 5. The fourth-order valence-corrected chi connectivity index (χ4v) is 2.90. The lowest BCUT2D eigenvalue weighted by Crippen LogP contribution is -2.49. The van der Waals surface area contributed by atoms with Crippen LogP contribution < -0.4 is 4.90 Å². The first-order valence-electron chi connectivity index (χ1n) is 8.80. The molecule has 6 heteroatoms. The number of anilines is 1. The molecule has 0 N–H and O–H groups in total. The summed E-state index contributed by atoms with van der Waals surface area (Å²) < 4.78 is 18.1. The maximum absolute atomic E-state index is 13.1. The second-order valence-corrected chi connectivity index (χ2v) is 6.20. The van der Waals surface area contributed by atoms with Gasteiger partial charge in [0.2, 0.25) is 0 Å². The number of carbonyl (C=O) groups is 2. The zero-order chi connectivity index (χ0) is 19.1. The van der Waals surface area contributed by atoms with E-state index in [0.29, 0.717) is 18.7 Å². The lowest BCUT2D eigenvalue weighted by Gasteiger charge is -2.36. The summed E-state index contributed by atoms with van der Waals surface area (Å²) in [6.45, 7) is 2.36. The molecular formula is C21H21FN2O3. The minimum Gasteiger partial charge on any atom is -0.452 e. The smallest absolute Gasteiger partial charge is 0.331 e.